The molecule has 0 aliphatic heterocycles. The lowest BCUT2D eigenvalue weighted by Gasteiger charge is -2.06. The molecule has 0 saturated carbocycles. The van der Waals surface area contributed by atoms with E-state index in [1.807, 2.05) is 0 Å². The summed E-state index contributed by atoms with van der Waals surface area (Å²) >= 11 is 0. The highest BCUT2D eigenvalue weighted by molar-refractivity contribution is 5.11. The Kier molecular flexibility index (Phi) is 3.18. The third kappa shape index (κ3) is 3.99. The first-order chi connectivity index (χ1) is 6.47. The Balaban J connectivity index is 2.39. The van der Waals surface area contributed by atoms with Crippen molar-refractivity contribution in [1.82, 2.24) is 15.0 Å². The molecule has 1 aromatic heterocycles. The molecule has 0 aromatic carbocycles. The molecule has 1 heterocycles. The molecule has 0 aliphatic rings. The third-order valence-electron chi connectivity index (χ3n) is 1.14. The quantitative estimate of drug-likeness (QED) is 0.784. The number of ether oxygens (including phenoxy) is 1. The summed E-state index contributed by atoms with van der Waals surface area (Å²) in [5.74, 6) is 0.0207. The summed E-state index contributed by atoms with van der Waals surface area (Å²) in [7, 11) is 0. The van der Waals surface area contributed by atoms with Gasteiger partial charge in [-0.15, -0.1) is 0 Å². The van der Waals surface area contributed by atoms with E-state index in [-0.39, 0.29) is 18.4 Å². The van der Waals surface area contributed by atoms with Crippen molar-refractivity contribution in [3.63, 3.8) is 0 Å². The summed E-state index contributed by atoms with van der Waals surface area (Å²) in [6, 6.07) is 0. The van der Waals surface area contributed by atoms with Crippen LogP contribution in [-0.4, -0.2) is 27.7 Å². The van der Waals surface area contributed by atoms with Gasteiger partial charge in [0, 0.05) is 0 Å². The minimum Gasteiger partial charge on any atom is -0.368 e. The minimum absolute atomic E-state index is 0.0504. The number of rotatable bonds is 3. The van der Waals surface area contributed by atoms with Crippen LogP contribution in [0.3, 0.4) is 0 Å². The summed E-state index contributed by atoms with van der Waals surface area (Å²) in [5, 5.41) is 0. The van der Waals surface area contributed by atoms with Gasteiger partial charge in [0.25, 0.3) is 0 Å². The Morgan fingerprint density at radius 2 is 2.07 bits per heavy atom. The number of nitrogens with two attached hydrogens (primary N) is 1. The van der Waals surface area contributed by atoms with Crippen LogP contribution >= 0.6 is 0 Å². The highest BCUT2D eigenvalue weighted by atomic mass is 19.4. The SMILES string of the molecule is Nc1ncnc(COCC(F)(F)F)n1. The molecule has 0 aliphatic carbocycles. The number of hydrogen-bond acceptors (Lipinski definition) is 5. The van der Waals surface area contributed by atoms with Gasteiger partial charge in [-0.05, 0) is 0 Å². The van der Waals surface area contributed by atoms with E-state index in [1.165, 1.54) is 0 Å². The molecule has 14 heavy (non-hydrogen) atoms. The predicted octanol–water partition coefficient (Wildman–Crippen LogP) is 0.533. The smallest absolute Gasteiger partial charge is 0.368 e. The van der Waals surface area contributed by atoms with Crippen LogP contribution in [0.2, 0.25) is 0 Å². The molecule has 2 N–H and O–H groups in total. The predicted molar refractivity (Wildman–Crippen MR) is 40.0 cm³/mol. The number of alkyl halides is 3. The van der Waals surface area contributed by atoms with Gasteiger partial charge in [0.05, 0.1) is 0 Å². The standard InChI is InChI=1S/C6H7F3N4O/c7-6(8,9)2-14-1-4-11-3-12-5(10)13-4/h3H,1-2H2,(H2,10,11,12,13). The molecule has 1 rings (SSSR count). The molecule has 1 aromatic rings. The Labute approximate surface area is 77.1 Å². The highest BCUT2D eigenvalue weighted by Gasteiger charge is 2.27. The Bertz CT molecular complexity index is 303. The Morgan fingerprint density at radius 1 is 1.36 bits per heavy atom. The number of hydrogen-bond donors (Lipinski definition) is 1. The fraction of sp³-hybridized carbons (Fsp3) is 0.500. The van der Waals surface area contributed by atoms with Gasteiger partial charge in [0.15, 0.2) is 5.82 Å². The fourth-order valence-electron chi connectivity index (χ4n) is 0.672. The van der Waals surface area contributed by atoms with Gasteiger partial charge in [-0.2, -0.15) is 18.2 Å². The molecular formula is C6H7F3N4O. The zero-order valence-electron chi connectivity index (χ0n) is 6.95. The molecule has 0 fully saturated rings. The largest absolute Gasteiger partial charge is 0.411 e. The van der Waals surface area contributed by atoms with E-state index < -0.39 is 12.8 Å². The molecular weight excluding hydrogens is 201 g/mol. The monoisotopic (exact) mass is 208 g/mol. The zero-order valence-corrected chi connectivity index (χ0v) is 6.95. The van der Waals surface area contributed by atoms with Crippen LogP contribution in [0.5, 0.6) is 0 Å². The topological polar surface area (TPSA) is 73.9 Å². The average molecular weight is 208 g/mol. The normalized spacial score (nSPS) is 11.6. The van der Waals surface area contributed by atoms with Crippen LogP contribution in [-0.2, 0) is 11.3 Å². The first kappa shape index (κ1) is 10.6. The zero-order chi connectivity index (χ0) is 10.6. The molecule has 0 saturated heterocycles. The Hall–Kier alpha value is -1.44. The number of anilines is 1. The van der Waals surface area contributed by atoms with Gasteiger partial charge in [-0.25, -0.2) is 9.97 Å². The van der Waals surface area contributed by atoms with Crippen molar-refractivity contribution >= 4 is 5.95 Å². The second-order valence-corrected chi connectivity index (χ2v) is 2.37. The van der Waals surface area contributed by atoms with E-state index in [0.717, 1.165) is 6.33 Å². The molecule has 5 nitrogen and oxygen atoms in total. The molecule has 0 spiro atoms. The third-order valence-corrected chi connectivity index (χ3v) is 1.14. The van der Waals surface area contributed by atoms with Crippen molar-refractivity contribution in [3.05, 3.63) is 12.2 Å². The van der Waals surface area contributed by atoms with Gasteiger partial charge in [-0.3, -0.25) is 0 Å². The van der Waals surface area contributed by atoms with Crippen LogP contribution in [0.1, 0.15) is 5.82 Å². The van der Waals surface area contributed by atoms with E-state index in [2.05, 4.69) is 19.7 Å². The van der Waals surface area contributed by atoms with Crippen LogP contribution in [0.15, 0.2) is 6.33 Å². The van der Waals surface area contributed by atoms with E-state index in [4.69, 9.17) is 5.73 Å². The molecule has 0 unspecified atom stereocenters. The summed E-state index contributed by atoms with van der Waals surface area (Å²) in [4.78, 5) is 10.6. The van der Waals surface area contributed by atoms with Crippen molar-refractivity contribution in [2.75, 3.05) is 12.3 Å². The summed E-state index contributed by atoms with van der Waals surface area (Å²) in [5.41, 5.74) is 5.18. The molecule has 0 radical (unpaired) electrons. The molecule has 0 bridgehead atoms. The average Bonchev–Trinajstić information content (AvgIpc) is 2.01. The lowest BCUT2D eigenvalue weighted by atomic mass is 10.6. The van der Waals surface area contributed by atoms with Crippen molar-refractivity contribution in [1.29, 1.82) is 0 Å². The van der Waals surface area contributed by atoms with Crippen LogP contribution in [0.25, 0.3) is 0 Å². The Morgan fingerprint density at radius 3 is 2.64 bits per heavy atom. The lowest BCUT2D eigenvalue weighted by molar-refractivity contribution is -0.177. The molecule has 8 heteroatoms. The number of halogens is 3. The van der Waals surface area contributed by atoms with Crippen LogP contribution in [0, 0.1) is 0 Å². The molecule has 78 valence electrons. The van der Waals surface area contributed by atoms with Crippen molar-refractivity contribution < 1.29 is 17.9 Å². The summed E-state index contributed by atoms with van der Waals surface area (Å²) < 4.78 is 39.2. The van der Waals surface area contributed by atoms with E-state index in [1.54, 1.807) is 0 Å². The van der Waals surface area contributed by atoms with Gasteiger partial charge in [0.1, 0.15) is 19.5 Å². The fourth-order valence-corrected chi connectivity index (χ4v) is 0.672. The molecule has 0 amide bonds. The van der Waals surface area contributed by atoms with Gasteiger partial charge >= 0.3 is 6.18 Å². The van der Waals surface area contributed by atoms with E-state index >= 15 is 0 Å². The second-order valence-electron chi connectivity index (χ2n) is 2.37. The van der Waals surface area contributed by atoms with Crippen LogP contribution in [0.4, 0.5) is 19.1 Å². The van der Waals surface area contributed by atoms with Gasteiger partial charge in [0.2, 0.25) is 5.95 Å². The van der Waals surface area contributed by atoms with Crippen molar-refractivity contribution in [2.24, 2.45) is 0 Å². The maximum absolute atomic E-state index is 11.6. The van der Waals surface area contributed by atoms with Gasteiger partial charge < -0.3 is 10.5 Å². The maximum atomic E-state index is 11.6. The van der Waals surface area contributed by atoms with Crippen molar-refractivity contribution in [3.8, 4) is 0 Å². The first-order valence-electron chi connectivity index (χ1n) is 3.55. The number of aromatic nitrogens is 3. The second kappa shape index (κ2) is 4.18. The van der Waals surface area contributed by atoms with Gasteiger partial charge in [-0.1, -0.05) is 0 Å². The maximum Gasteiger partial charge on any atom is 0.411 e. The van der Waals surface area contributed by atoms with E-state index in [0.29, 0.717) is 0 Å². The molecule has 0 atom stereocenters. The summed E-state index contributed by atoms with van der Waals surface area (Å²) in [6.07, 6.45) is -3.24. The summed E-state index contributed by atoms with van der Waals surface area (Å²) in [6.45, 7) is -1.68. The van der Waals surface area contributed by atoms with Crippen molar-refractivity contribution in [2.45, 2.75) is 12.8 Å². The first-order valence-corrected chi connectivity index (χ1v) is 3.55. The number of nitrogens with zero attached hydrogens (tertiary/aromatic N) is 3. The minimum atomic E-state index is -4.35. The van der Waals surface area contributed by atoms with E-state index in [9.17, 15) is 13.2 Å². The number of nitrogen functional groups attached to an aromatic ring is 1. The van der Waals surface area contributed by atoms with Crippen LogP contribution < -0.4 is 5.73 Å². The lowest BCUT2D eigenvalue weighted by Crippen LogP contribution is -2.17. The highest BCUT2D eigenvalue weighted by Crippen LogP contribution is 2.14.